The van der Waals surface area contributed by atoms with E-state index in [1.165, 1.54) is 7.11 Å². The highest BCUT2D eigenvalue weighted by Gasteiger charge is 2.40. The zero-order chi connectivity index (χ0) is 42.6. The van der Waals surface area contributed by atoms with Crippen LogP contribution >= 0.6 is 23.2 Å². The van der Waals surface area contributed by atoms with Crippen LogP contribution in [0.3, 0.4) is 0 Å². The lowest BCUT2D eigenvalue weighted by atomic mass is 9.87. The number of carbonyl (C=O) groups is 5. The highest BCUT2D eigenvalue weighted by Crippen LogP contribution is 2.35. The number of nitriles is 1. The van der Waals surface area contributed by atoms with E-state index in [0.717, 1.165) is 66.5 Å². The van der Waals surface area contributed by atoms with Gasteiger partial charge in [0.05, 0.1) is 41.6 Å². The predicted octanol–water partition coefficient (Wildman–Crippen LogP) is 7.07. The number of likely N-dealkylation sites (tertiary alicyclic amines) is 1. The van der Waals surface area contributed by atoms with Crippen molar-refractivity contribution < 1.29 is 49.1 Å². The number of likely N-dealkylation sites (N-methyl/N-ethyl adjacent to an activating group) is 1. The number of aliphatic carboxylic acids is 3. The van der Waals surface area contributed by atoms with Gasteiger partial charge in [-0.3, -0.25) is 19.7 Å². The molecule has 0 aromatic heterocycles. The maximum atomic E-state index is 13.8. The van der Waals surface area contributed by atoms with Crippen molar-refractivity contribution in [1.82, 2.24) is 9.80 Å². The molecular formula is C42H44Cl2N4O10. The van der Waals surface area contributed by atoms with Gasteiger partial charge in [-0.1, -0.05) is 71.7 Å². The smallest absolute Gasteiger partial charge is 0.411 e. The average molecular weight is 836 g/mol. The quantitative estimate of drug-likeness (QED) is 0.0862. The van der Waals surface area contributed by atoms with E-state index in [-0.39, 0.29) is 11.8 Å². The minimum atomic E-state index is -2.74. The third-order valence-corrected chi connectivity index (χ3v) is 10.7. The van der Waals surface area contributed by atoms with Crippen LogP contribution in [-0.2, 0) is 19.1 Å². The maximum Gasteiger partial charge on any atom is 0.411 e. The molecule has 0 bridgehead atoms. The number of para-hydroxylation sites is 1. The van der Waals surface area contributed by atoms with Gasteiger partial charge in [-0.2, -0.15) is 5.26 Å². The van der Waals surface area contributed by atoms with Crippen molar-refractivity contribution >= 4 is 69.6 Å². The number of rotatable bonds is 14. The molecule has 306 valence electrons. The molecule has 5 rings (SSSR count). The number of fused-ring (bicyclic) bond motifs is 1. The lowest BCUT2D eigenvalue weighted by Crippen LogP contribution is -2.42. The molecule has 0 spiro atoms. The Morgan fingerprint density at radius 3 is 2.17 bits per heavy atom. The van der Waals surface area contributed by atoms with Crippen LogP contribution in [0, 0.1) is 11.3 Å². The Morgan fingerprint density at radius 2 is 1.57 bits per heavy atom. The third-order valence-electron chi connectivity index (χ3n) is 9.97. The zero-order valence-electron chi connectivity index (χ0n) is 31.9. The van der Waals surface area contributed by atoms with Crippen LogP contribution in [-0.4, -0.2) is 106 Å². The molecule has 4 aromatic carbocycles. The summed E-state index contributed by atoms with van der Waals surface area (Å²) >= 11 is 12.7. The molecule has 16 heteroatoms. The number of carboxylic acid groups (broad SMARTS) is 3. The average Bonchev–Trinajstić information content (AvgIpc) is 3.19. The van der Waals surface area contributed by atoms with E-state index in [4.69, 9.17) is 48.4 Å². The van der Waals surface area contributed by atoms with Crippen LogP contribution in [0.5, 0.6) is 0 Å². The van der Waals surface area contributed by atoms with Gasteiger partial charge in [0.2, 0.25) is 0 Å². The molecule has 0 aliphatic carbocycles. The number of aliphatic hydroxyl groups is 1. The normalized spacial score (nSPS) is 13.7. The summed E-state index contributed by atoms with van der Waals surface area (Å²) in [6.07, 6.45) is 0.00143. The van der Waals surface area contributed by atoms with Gasteiger partial charge in [0.15, 0.2) is 5.60 Å². The van der Waals surface area contributed by atoms with E-state index < -0.39 is 42.4 Å². The number of ether oxygens (including phenoxy) is 1. The number of amides is 2. The number of nitrogens with zero attached hydrogens (tertiary/aromatic N) is 3. The second kappa shape index (κ2) is 20.6. The summed E-state index contributed by atoms with van der Waals surface area (Å²) < 4.78 is 4.80. The fourth-order valence-corrected chi connectivity index (χ4v) is 7.26. The van der Waals surface area contributed by atoms with Crippen LogP contribution in [0.15, 0.2) is 78.9 Å². The van der Waals surface area contributed by atoms with E-state index >= 15 is 0 Å². The number of anilines is 1. The van der Waals surface area contributed by atoms with E-state index in [1.54, 1.807) is 11.0 Å². The molecule has 1 atom stereocenters. The summed E-state index contributed by atoms with van der Waals surface area (Å²) in [5.41, 5.74) is 1.19. The first-order chi connectivity index (χ1) is 27.5. The lowest BCUT2D eigenvalue weighted by Gasteiger charge is -2.34. The number of hydrogen-bond donors (Lipinski definition) is 5. The Kier molecular flexibility index (Phi) is 16.0. The monoisotopic (exact) mass is 834 g/mol. The van der Waals surface area contributed by atoms with E-state index in [1.807, 2.05) is 73.8 Å². The number of halogens is 2. The van der Waals surface area contributed by atoms with E-state index in [9.17, 15) is 29.2 Å². The summed E-state index contributed by atoms with van der Waals surface area (Å²) in [5.74, 6) is -4.80. The van der Waals surface area contributed by atoms with Crippen molar-refractivity contribution in [3.05, 3.63) is 111 Å². The van der Waals surface area contributed by atoms with Crippen LogP contribution in [0.25, 0.3) is 10.8 Å². The highest BCUT2D eigenvalue weighted by atomic mass is 35.5. The Balaban J connectivity index is 0.000000492. The molecule has 0 saturated carbocycles. The largest absolute Gasteiger partial charge is 0.481 e. The second-order valence-corrected chi connectivity index (χ2v) is 14.8. The minimum Gasteiger partial charge on any atom is -0.481 e. The zero-order valence-corrected chi connectivity index (χ0v) is 33.4. The minimum absolute atomic E-state index is 0.0156. The Bertz CT molecular complexity index is 2170. The molecule has 14 nitrogen and oxygen atoms in total. The molecule has 2 amide bonds. The number of carboxylic acids is 3. The van der Waals surface area contributed by atoms with Gasteiger partial charge in [-0.05, 0) is 97.0 Å². The third kappa shape index (κ3) is 12.1. The van der Waals surface area contributed by atoms with E-state index in [0.29, 0.717) is 33.6 Å². The fraction of sp³-hybridized carbons (Fsp3) is 0.333. The first-order valence-corrected chi connectivity index (χ1v) is 19.0. The van der Waals surface area contributed by atoms with Crippen molar-refractivity contribution in [2.24, 2.45) is 0 Å². The van der Waals surface area contributed by atoms with Crippen LogP contribution < -0.4 is 5.32 Å². The molecule has 1 fully saturated rings. The Morgan fingerprint density at radius 1 is 0.931 bits per heavy atom. The first-order valence-electron chi connectivity index (χ1n) is 18.2. The van der Waals surface area contributed by atoms with Crippen molar-refractivity contribution in [3.63, 3.8) is 0 Å². The standard InChI is InChI=1S/C36H36Cl2N4O3.C6H8O7/c1-41(35(43)31-20-24(22-39)19-27-7-3-4-8-29(27)31)23-28(26-11-12-32(37)33(38)21-26)15-18-42-16-13-25(14-17-42)30-9-5-6-10-34(30)40-36(44)45-2;7-3(8)1-6(13,5(11)12)2-4(9)10/h3-12,19-21,25,28H,13-18,23H2,1-2H3,(H,40,44);13H,1-2H2,(H,7,8)(H,9,10)(H,11,12)/t28-;/m1./s1. The van der Waals surface area contributed by atoms with Crippen molar-refractivity contribution in [2.75, 3.05) is 45.7 Å². The van der Waals surface area contributed by atoms with Gasteiger partial charge in [0.25, 0.3) is 5.91 Å². The molecular weight excluding hydrogens is 791 g/mol. The van der Waals surface area contributed by atoms with Crippen LogP contribution in [0.1, 0.15) is 71.0 Å². The summed E-state index contributed by atoms with van der Waals surface area (Å²) in [7, 11) is 3.18. The van der Waals surface area contributed by atoms with E-state index in [2.05, 4.69) is 22.4 Å². The molecule has 0 unspecified atom stereocenters. The van der Waals surface area contributed by atoms with Crippen molar-refractivity contribution in [3.8, 4) is 6.07 Å². The van der Waals surface area contributed by atoms with Gasteiger partial charge >= 0.3 is 24.0 Å². The predicted molar refractivity (Wildman–Crippen MR) is 217 cm³/mol. The topological polar surface area (TPSA) is 218 Å². The van der Waals surface area contributed by atoms with Crippen molar-refractivity contribution in [2.45, 2.75) is 49.5 Å². The summed E-state index contributed by atoms with van der Waals surface area (Å²) in [6, 6.07) is 26.9. The summed E-state index contributed by atoms with van der Waals surface area (Å²) in [4.78, 5) is 60.4. The van der Waals surface area contributed by atoms with Crippen LogP contribution in [0.2, 0.25) is 10.0 Å². The molecule has 0 radical (unpaired) electrons. The second-order valence-electron chi connectivity index (χ2n) is 14.0. The Labute approximate surface area is 345 Å². The number of carbonyl (C=O) groups excluding carboxylic acids is 2. The number of benzene rings is 4. The first kappa shape index (κ1) is 45.0. The number of hydrogen-bond acceptors (Lipinski definition) is 9. The highest BCUT2D eigenvalue weighted by molar-refractivity contribution is 6.42. The van der Waals surface area contributed by atoms with Crippen molar-refractivity contribution in [1.29, 1.82) is 5.26 Å². The van der Waals surface area contributed by atoms with Gasteiger partial charge in [-0.15, -0.1) is 0 Å². The molecule has 4 aromatic rings. The van der Waals surface area contributed by atoms with Gasteiger partial charge in [0, 0.05) is 30.8 Å². The molecule has 58 heavy (non-hydrogen) atoms. The molecule has 1 aliphatic rings. The van der Waals surface area contributed by atoms with Gasteiger partial charge in [0.1, 0.15) is 0 Å². The molecule has 1 saturated heterocycles. The SMILES string of the molecule is COC(=O)Nc1ccccc1C1CCN(CC[C@H](CN(C)C(=O)c2cc(C#N)cc3ccccc23)c2ccc(Cl)c(Cl)c2)CC1.O=C(O)CC(O)(CC(=O)O)C(=O)O. The number of piperidine rings is 1. The lowest BCUT2D eigenvalue weighted by molar-refractivity contribution is -0.170. The number of methoxy groups -OCH3 is 1. The molecule has 1 aliphatic heterocycles. The van der Waals surface area contributed by atoms with Gasteiger partial charge < -0.3 is 35.0 Å². The van der Waals surface area contributed by atoms with Crippen LogP contribution in [0.4, 0.5) is 10.5 Å². The Hall–Kier alpha value is -5.72. The molecule has 5 N–H and O–H groups in total. The molecule has 1 heterocycles. The maximum absolute atomic E-state index is 13.8. The summed E-state index contributed by atoms with van der Waals surface area (Å²) in [6.45, 7) is 3.18. The van der Waals surface area contributed by atoms with Gasteiger partial charge in [-0.25, -0.2) is 9.59 Å². The summed E-state index contributed by atoms with van der Waals surface area (Å²) in [5, 5.41) is 48.9. The number of nitrogens with one attached hydrogen (secondary N) is 1. The fourth-order valence-electron chi connectivity index (χ4n) is 6.95.